The molecule has 0 saturated heterocycles. The maximum atomic E-state index is 5.13. The Labute approximate surface area is 326 Å². The van der Waals surface area contributed by atoms with Gasteiger partial charge in [-0.3, -0.25) is 0 Å². The van der Waals surface area contributed by atoms with Crippen molar-refractivity contribution in [2.45, 2.75) is 6.04 Å². The molecular formula is C52H36N4. The molecule has 0 bridgehead atoms. The van der Waals surface area contributed by atoms with Gasteiger partial charge in [0.2, 0.25) is 0 Å². The summed E-state index contributed by atoms with van der Waals surface area (Å²) in [6.07, 6.45) is 2.37. The van der Waals surface area contributed by atoms with E-state index in [0.29, 0.717) is 17.5 Å². The first-order chi connectivity index (χ1) is 27.7. The Kier molecular flexibility index (Phi) is 8.54. The van der Waals surface area contributed by atoms with Crippen LogP contribution in [-0.4, -0.2) is 15.0 Å². The Hall–Kier alpha value is -7.43. The molecule has 1 aliphatic rings. The van der Waals surface area contributed by atoms with Crippen molar-refractivity contribution in [2.24, 2.45) is 0 Å². The van der Waals surface area contributed by atoms with Gasteiger partial charge in [-0.15, -0.1) is 0 Å². The SMILES string of the molecule is C1=C(c2ccccc2)c2c(ccc3c(-c4cccc(-c5nc(-c6ccccc6)nc(-c6cccc(-c7ccccc7)c6)n5)c4)cccc23)NC1c1ccccc1. The summed E-state index contributed by atoms with van der Waals surface area (Å²) in [5.74, 6) is 1.90. The molecule has 0 aliphatic carbocycles. The minimum Gasteiger partial charge on any atom is -0.374 e. The molecule has 264 valence electrons. The third-order valence-electron chi connectivity index (χ3n) is 10.5. The van der Waals surface area contributed by atoms with Gasteiger partial charge < -0.3 is 5.32 Å². The molecule has 1 aliphatic heterocycles. The molecular weight excluding hydrogens is 681 g/mol. The molecule has 0 amide bonds. The summed E-state index contributed by atoms with van der Waals surface area (Å²) < 4.78 is 0. The van der Waals surface area contributed by atoms with Crippen LogP contribution in [0.3, 0.4) is 0 Å². The number of benzene rings is 8. The Morgan fingerprint density at radius 3 is 1.52 bits per heavy atom. The molecule has 10 rings (SSSR count). The summed E-state index contributed by atoms with van der Waals surface area (Å²) in [5, 5.41) is 6.23. The monoisotopic (exact) mass is 716 g/mol. The summed E-state index contributed by atoms with van der Waals surface area (Å²) in [5.41, 5.74) is 13.3. The van der Waals surface area contributed by atoms with E-state index in [1.807, 2.05) is 36.4 Å². The first-order valence-electron chi connectivity index (χ1n) is 19.0. The van der Waals surface area contributed by atoms with E-state index >= 15 is 0 Å². The average molecular weight is 717 g/mol. The van der Waals surface area contributed by atoms with Crippen LogP contribution < -0.4 is 5.32 Å². The number of nitrogens with zero attached hydrogens (tertiary/aromatic N) is 3. The van der Waals surface area contributed by atoms with E-state index in [0.717, 1.165) is 44.6 Å². The molecule has 1 N–H and O–H groups in total. The first-order valence-corrected chi connectivity index (χ1v) is 19.0. The standard InChI is InChI=1S/C52H36N4/c1-5-16-35(17-6-1)39-24-13-26-41(32-39)51-54-50(38-22-11-4-12-23-38)55-52(56-51)42-27-14-25-40(33-42)43-28-15-29-45-44(43)30-31-47-49(45)46(36-18-7-2-8-19-36)34-48(53-47)37-20-9-3-10-21-37/h1-34,48,53H. The number of fused-ring (bicyclic) bond motifs is 3. The molecule has 9 aromatic rings. The minimum absolute atomic E-state index is 0.0584. The van der Waals surface area contributed by atoms with Gasteiger partial charge in [0.1, 0.15) is 0 Å². The van der Waals surface area contributed by atoms with Gasteiger partial charge in [-0.1, -0.05) is 182 Å². The fourth-order valence-electron chi connectivity index (χ4n) is 7.82. The molecule has 1 aromatic heterocycles. The summed E-state index contributed by atoms with van der Waals surface area (Å²) in [7, 11) is 0. The number of hydrogen-bond donors (Lipinski definition) is 1. The van der Waals surface area contributed by atoms with Crippen molar-refractivity contribution in [1.82, 2.24) is 15.0 Å². The summed E-state index contributed by atoms with van der Waals surface area (Å²) >= 11 is 0. The topological polar surface area (TPSA) is 50.7 Å². The van der Waals surface area contributed by atoms with E-state index in [-0.39, 0.29) is 6.04 Å². The van der Waals surface area contributed by atoms with Gasteiger partial charge in [-0.05, 0) is 74.0 Å². The lowest BCUT2D eigenvalue weighted by molar-refractivity contribution is 0.974. The Morgan fingerprint density at radius 2 is 0.857 bits per heavy atom. The normalized spacial score (nSPS) is 13.4. The van der Waals surface area contributed by atoms with E-state index in [2.05, 4.69) is 175 Å². The fourth-order valence-corrected chi connectivity index (χ4v) is 7.82. The Balaban J connectivity index is 1.09. The van der Waals surface area contributed by atoms with Gasteiger partial charge in [0.15, 0.2) is 17.5 Å². The number of rotatable bonds is 7. The molecule has 0 saturated carbocycles. The maximum Gasteiger partial charge on any atom is 0.164 e. The predicted octanol–water partition coefficient (Wildman–Crippen LogP) is 13.0. The molecule has 1 unspecified atom stereocenters. The van der Waals surface area contributed by atoms with Crippen LogP contribution >= 0.6 is 0 Å². The quantitative estimate of drug-likeness (QED) is 0.178. The number of anilines is 1. The van der Waals surface area contributed by atoms with Gasteiger partial charge in [0.25, 0.3) is 0 Å². The van der Waals surface area contributed by atoms with Gasteiger partial charge in [-0.25, -0.2) is 15.0 Å². The van der Waals surface area contributed by atoms with Crippen LogP contribution in [0.5, 0.6) is 0 Å². The third kappa shape index (κ3) is 6.33. The van der Waals surface area contributed by atoms with Crippen molar-refractivity contribution in [3.63, 3.8) is 0 Å². The van der Waals surface area contributed by atoms with E-state index in [9.17, 15) is 0 Å². The summed E-state index contributed by atoms with van der Waals surface area (Å²) in [6, 6.07) is 70.1. The predicted molar refractivity (Wildman–Crippen MR) is 231 cm³/mol. The van der Waals surface area contributed by atoms with Crippen molar-refractivity contribution in [2.75, 3.05) is 5.32 Å². The molecule has 4 nitrogen and oxygen atoms in total. The largest absolute Gasteiger partial charge is 0.374 e. The first kappa shape index (κ1) is 33.2. The van der Waals surface area contributed by atoms with Crippen molar-refractivity contribution < 1.29 is 0 Å². The van der Waals surface area contributed by atoms with Crippen LogP contribution in [0.15, 0.2) is 206 Å². The highest BCUT2D eigenvalue weighted by Crippen LogP contribution is 2.44. The number of aromatic nitrogens is 3. The average Bonchev–Trinajstić information content (AvgIpc) is 3.29. The highest BCUT2D eigenvalue weighted by Gasteiger charge is 2.24. The van der Waals surface area contributed by atoms with E-state index in [1.165, 1.54) is 33.0 Å². The maximum absolute atomic E-state index is 5.13. The van der Waals surface area contributed by atoms with Crippen LogP contribution in [0.2, 0.25) is 0 Å². The highest BCUT2D eigenvalue weighted by atomic mass is 15.0. The molecule has 8 aromatic carbocycles. The van der Waals surface area contributed by atoms with Gasteiger partial charge >= 0.3 is 0 Å². The molecule has 0 fully saturated rings. The van der Waals surface area contributed by atoms with Crippen LogP contribution in [0, 0.1) is 0 Å². The van der Waals surface area contributed by atoms with E-state index in [1.54, 1.807) is 0 Å². The molecule has 0 radical (unpaired) electrons. The minimum atomic E-state index is 0.0584. The van der Waals surface area contributed by atoms with Crippen molar-refractivity contribution >= 4 is 22.0 Å². The van der Waals surface area contributed by atoms with E-state index < -0.39 is 0 Å². The summed E-state index contributed by atoms with van der Waals surface area (Å²) in [6.45, 7) is 0. The van der Waals surface area contributed by atoms with Gasteiger partial charge in [0.05, 0.1) is 6.04 Å². The second-order valence-corrected chi connectivity index (χ2v) is 14.1. The van der Waals surface area contributed by atoms with E-state index in [4.69, 9.17) is 15.0 Å². The lowest BCUT2D eigenvalue weighted by Gasteiger charge is -2.29. The Morgan fingerprint density at radius 1 is 0.357 bits per heavy atom. The summed E-state index contributed by atoms with van der Waals surface area (Å²) in [4.78, 5) is 15.2. The van der Waals surface area contributed by atoms with Crippen LogP contribution in [-0.2, 0) is 0 Å². The second-order valence-electron chi connectivity index (χ2n) is 14.1. The number of hydrogen-bond acceptors (Lipinski definition) is 4. The zero-order chi connectivity index (χ0) is 37.3. The molecule has 56 heavy (non-hydrogen) atoms. The number of nitrogens with one attached hydrogen (secondary N) is 1. The Bertz CT molecular complexity index is 2870. The lowest BCUT2D eigenvalue weighted by atomic mass is 9.85. The molecule has 1 atom stereocenters. The van der Waals surface area contributed by atoms with Crippen molar-refractivity contribution in [1.29, 1.82) is 0 Å². The molecule has 2 heterocycles. The van der Waals surface area contributed by atoms with Gasteiger partial charge in [0, 0.05) is 27.9 Å². The van der Waals surface area contributed by atoms with Crippen molar-refractivity contribution in [3.05, 3.63) is 223 Å². The second kappa shape index (κ2) is 14.4. The third-order valence-corrected chi connectivity index (χ3v) is 10.5. The van der Waals surface area contributed by atoms with Crippen LogP contribution in [0.25, 0.3) is 72.8 Å². The molecule has 4 heteroatoms. The van der Waals surface area contributed by atoms with Crippen molar-refractivity contribution in [3.8, 4) is 56.4 Å². The van der Waals surface area contributed by atoms with Gasteiger partial charge in [-0.2, -0.15) is 0 Å². The smallest absolute Gasteiger partial charge is 0.164 e. The fraction of sp³-hybridized carbons (Fsp3) is 0.0192. The molecule has 0 spiro atoms. The van der Waals surface area contributed by atoms with Crippen LogP contribution in [0.4, 0.5) is 5.69 Å². The zero-order valence-corrected chi connectivity index (χ0v) is 30.5. The lowest BCUT2D eigenvalue weighted by Crippen LogP contribution is -2.15. The highest BCUT2D eigenvalue weighted by molar-refractivity contribution is 6.09. The van der Waals surface area contributed by atoms with Crippen LogP contribution in [0.1, 0.15) is 22.7 Å². The zero-order valence-electron chi connectivity index (χ0n) is 30.5.